The molecule has 9 heteroatoms. The minimum absolute atomic E-state index is 0.0682. The molecule has 0 aromatic rings. The molecule has 0 saturated heterocycles. The smallest absolute Gasteiger partial charge is 0.391 e. The minimum atomic E-state index is -4.33. The maximum absolute atomic E-state index is 13.0. The number of quaternary nitrogens is 1. The van der Waals surface area contributed by atoms with Crippen molar-refractivity contribution in [2.45, 2.75) is 283 Å². The van der Waals surface area contributed by atoms with Gasteiger partial charge in [-0.15, -0.1) is 0 Å². The predicted molar refractivity (Wildman–Crippen MR) is 304 cm³/mol. The molecule has 0 radical (unpaired) electrons. The summed E-state index contributed by atoms with van der Waals surface area (Å²) in [5, 5.41) is 14.1. The lowest BCUT2D eigenvalue weighted by molar-refractivity contribution is -0.870. The summed E-state index contributed by atoms with van der Waals surface area (Å²) in [5.41, 5.74) is 0. The highest BCUT2D eigenvalue weighted by atomic mass is 31.2. The Morgan fingerprint density at radius 1 is 0.500 bits per heavy atom. The third-order valence-electron chi connectivity index (χ3n) is 13.3. The number of likely N-dealkylation sites (N-methyl/N-ethyl adjacent to an activating group) is 1. The molecule has 0 aliphatic rings. The van der Waals surface area contributed by atoms with Gasteiger partial charge in [0, 0.05) is 6.42 Å². The van der Waals surface area contributed by atoms with Crippen LogP contribution < -0.4 is 5.32 Å². The van der Waals surface area contributed by atoms with Gasteiger partial charge >= 0.3 is 7.82 Å². The molecule has 0 aromatic heterocycles. The number of carbonyl (C=O) groups is 1. The van der Waals surface area contributed by atoms with Crippen LogP contribution in [0.2, 0.25) is 0 Å². The van der Waals surface area contributed by atoms with E-state index in [4.69, 9.17) is 9.05 Å². The molecule has 3 N–H and O–H groups in total. The van der Waals surface area contributed by atoms with Gasteiger partial charge in [-0.3, -0.25) is 13.8 Å². The van der Waals surface area contributed by atoms with E-state index in [2.05, 4.69) is 79.9 Å². The number of hydrogen-bond donors (Lipinski definition) is 3. The molecule has 8 nitrogen and oxygen atoms in total. The molecule has 0 spiro atoms. The number of nitrogens with one attached hydrogen (secondary N) is 1. The SMILES string of the molecule is CC/C=C\C/C=C\C/C=C\C/C=C\C/C=C\CCCCCCCC(=O)NC(COP(=O)(O)OCC[N+](C)(C)C)C(O)CCCCCCCCCCCCCCCCCCCCCCCCCCCCC. The fraction of sp³-hybridized carbons (Fsp3) is 0.820. The van der Waals surface area contributed by atoms with Crippen molar-refractivity contribution < 1.29 is 32.9 Å². The lowest BCUT2D eigenvalue weighted by Crippen LogP contribution is -2.46. The monoisotopic (exact) mass is 1000 g/mol. The zero-order chi connectivity index (χ0) is 51.3. The summed E-state index contributed by atoms with van der Waals surface area (Å²) >= 11 is 0. The van der Waals surface area contributed by atoms with Crippen LogP contribution in [0, 0.1) is 0 Å². The summed E-state index contributed by atoms with van der Waals surface area (Å²) < 4.78 is 23.8. The maximum atomic E-state index is 13.0. The quantitative estimate of drug-likeness (QED) is 0.0243. The average Bonchev–Trinajstić information content (AvgIpc) is 3.32. The molecule has 3 unspecified atom stereocenters. The van der Waals surface area contributed by atoms with Crippen molar-refractivity contribution in [3.8, 4) is 0 Å². The molecule has 410 valence electrons. The first kappa shape index (κ1) is 68.2. The Morgan fingerprint density at radius 3 is 1.26 bits per heavy atom. The van der Waals surface area contributed by atoms with Crippen molar-refractivity contribution in [1.29, 1.82) is 0 Å². The first-order valence-corrected chi connectivity index (χ1v) is 31.1. The van der Waals surface area contributed by atoms with E-state index in [1.54, 1.807) is 0 Å². The number of hydrogen-bond acceptors (Lipinski definition) is 5. The summed E-state index contributed by atoms with van der Waals surface area (Å²) in [6, 6.07) is -0.775. The number of phosphoric acid groups is 1. The van der Waals surface area contributed by atoms with Crippen molar-refractivity contribution in [3.05, 3.63) is 60.8 Å². The number of amides is 1. The Morgan fingerprint density at radius 2 is 0.857 bits per heavy atom. The van der Waals surface area contributed by atoms with Crippen LogP contribution in [0.4, 0.5) is 0 Å². The third kappa shape index (κ3) is 54.0. The van der Waals surface area contributed by atoms with Crippen molar-refractivity contribution in [1.82, 2.24) is 5.32 Å². The van der Waals surface area contributed by atoms with Gasteiger partial charge in [-0.25, -0.2) is 4.57 Å². The second-order valence-corrected chi connectivity index (χ2v) is 22.8. The number of rotatable bonds is 54. The van der Waals surface area contributed by atoms with Gasteiger partial charge in [0.2, 0.25) is 5.91 Å². The first-order chi connectivity index (χ1) is 34.0. The Kier molecular flexibility index (Phi) is 50.7. The van der Waals surface area contributed by atoms with Crippen LogP contribution in [0.15, 0.2) is 60.8 Å². The van der Waals surface area contributed by atoms with Crippen LogP contribution in [-0.4, -0.2) is 73.4 Å². The average molecular weight is 1000 g/mol. The minimum Gasteiger partial charge on any atom is -0.391 e. The standard InChI is InChI=1S/C61H115N2O6P/c1-6-8-10-12-14-16-18-20-22-24-26-28-29-30-31-32-33-35-36-38-40-42-44-46-48-50-52-54-60(64)59(58-69-70(66,67)68-57-56-63(3,4)5)62-61(65)55-53-51-49-47-45-43-41-39-37-34-27-25-23-21-19-17-15-13-11-9-7-2/h9,11,15,17,21,23,27,34,39,41,59-60,64H,6-8,10,12-14,16,18-20,22,24-26,28-33,35-38,40,42-58H2,1-5H3,(H-,62,65,66,67)/p+1/b11-9-,17-15-,23-21-,34-27-,41-39-. The fourth-order valence-electron chi connectivity index (χ4n) is 8.66. The van der Waals surface area contributed by atoms with Crippen LogP contribution in [0.25, 0.3) is 0 Å². The Hall–Kier alpha value is -1.80. The van der Waals surface area contributed by atoms with E-state index in [9.17, 15) is 19.4 Å². The van der Waals surface area contributed by atoms with E-state index in [1.165, 1.54) is 154 Å². The lowest BCUT2D eigenvalue weighted by atomic mass is 10.0. The zero-order valence-corrected chi connectivity index (χ0v) is 47.7. The molecule has 3 atom stereocenters. The van der Waals surface area contributed by atoms with Gasteiger partial charge in [-0.1, -0.05) is 267 Å². The Labute approximate surface area is 434 Å². The third-order valence-corrected chi connectivity index (χ3v) is 14.3. The largest absolute Gasteiger partial charge is 0.472 e. The highest BCUT2D eigenvalue weighted by Gasteiger charge is 2.28. The van der Waals surface area contributed by atoms with Crippen molar-refractivity contribution in [2.24, 2.45) is 0 Å². The van der Waals surface area contributed by atoms with Crippen molar-refractivity contribution >= 4 is 13.7 Å². The molecule has 0 aliphatic heterocycles. The fourth-order valence-corrected chi connectivity index (χ4v) is 9.40. The second-order valence-electron chi connectivity index (χ2n) is 21.3. The number of carbonyl (C=O) groups excluding carboxylic acids is 1. The van der Waals surface area contributed by atoms with Crippen molar-refractivity contribution in [3.63, 3.8) is 0 Å². The molecule has 0 aromatic carbocycles. The van der Waals surface area contributed by atoms with Crippen LogP contribution in [0.5, 0.6) is 0 Å². The van der Waals surface area contributed by atoms with Crippen LogP contribution in [0.1, 0.15) is 271 Å². The summed E-state index contributed by atoms with van der Waals surface area (Å²) in [6.07, 6.45) is 70.0. The highest BCUT2D eigenvalue weighted by molar-refractivity contribution is 7.47. The summed E-state index contributed by atoms with van der Waals surface area (Å²) in [5.74, 6) is -0.162. The van der Waals surface area contributed by atoms with E-state index >= 15 is 0 Å². The van der Waals surface area contributed by atoms with E-state index < -0.39 is 20.0 Å². The number of unbranched alkanes of at least 4 members (excludes halogenated alkanes) is 31. The molecule has 70 heavy (non-hydrogen) atoms. The summed E-state index contributed by atoms with van der Waals surface area (Å²) in [4.78, 5) is 23.3. The molecular formula is C61H116N2O6P+. The van der Waals surface area contributed by atoms with Gasteiger partial charge in [0.25, 0.3) is 0 Å². The lowest BCUT2D eigenvalue weighted by Gasteiger charge is -2.26. The van der Waals surface area contributed by atoms with Gasteiger partial charge in [0.1, 0.15) is 13.2 Å². The molecule has 1 amide bonds. The number of allylic oxidation sites excluding steroid dienone is 10. The molecule has 0 aliphatic carbocycles. The number of aliphatic hydroxyl groups excluding tert-OH is 1. The van der Waals surface area contributed by atoms with Crippen LogP contribution in [0.3, 0.4) is 0 Å². The van der Waals surface area contributed by atoms with Gasteiger partial charge in [-0.2, -0.15) is 0 Å². The Bertz CT molecular complexity index is 1320. The van der Waals surface area contributed by atoms with Gasteiger partial charge in [0.15, 0.2) is 0 Å². The summed E-state index contributed by atoms with van der Waals surface area (Å²) in [6.45, 7) is 4.78. The summed E-state index contributed by atoms with van der Waals surface area (Å²) in [7, 11) is 1.60. The highest BCUT2D eigenvalue weighted by Crippen LogP contribution is 2.43. The van der Waals surface area contributed by atoms with E-state index in [-0.39, 0.29) is 19.1 Å². The maximum Gasteiger partial charge on any atom is 0.472 e. The predicted octanol–water partition coefficient (Wildman–Crippen LogP) is 18.1. The topological polar surface area (TPSA) is 105 Å². The van der Waals surface area contributed by atoms with Crippen molar-refractivity contribution in [2.75, 3.05) is 40.9 Å². The normalized spacial score (nSPS) is 14.3. The van der Waals surface area contributed by atoms with Crippen LogP contribution in [-0.2, 0) is 18.4 Å². The second kappa shape index (κ2) is 52.1. The number of nitrogens with zero attached hydrogens (tertiary/aromatic N) is 1. The number of phosphoric ester groups is 1. The molecule has 0 bridgehead atoms. The molecule has 0 saturated carbocycles. The number of aliphatic hydroxyl groups is 1. The molecular weight excluding hydrogens is 888 g/mol. The first-order valence-electron chi connectivity index (χ1n) is 29.7. The van der Waals surface area contributed by atoms with E-state index in [0.29, 0.717) is 23.9 Å². The zero-order valence-electron chi connectivity index (χ0n) is 46.8. The van der Waals surface area contributed by atoms with Gasteiger partial charge < -0.3 is 19.8 Å². The molecule has 0 heterocycles. The van der Waals surface area contributed by atoms with Crippen LogP contribution >= 0.6 is 7.82 Å². The molecule has 0 rings (SSSR count). The molecule has 0 fully saturated rings. The van der Waals surface area contributed by atoms with E-state index in [1.807, 2.05) is 21.1 Å². The van der Waals surface area contributed by atoms with Gasteiger partial charge in [0.05, 0.1) is 39.9 Å². The van der Waals surface area contributed by atoms with Gasteiger partial charge in [-0.05, 0) is 57.8 Å². The Balaban J connectivity index is 4.17. The van der Waals surface area contributed by atoms with E-state index in [0.717, 1.165) is 89.9 Å².